The van der Waals surface area contributed by atoms with Gasteiger partial charge in [0.15, 0.2) is 0 Å². The summed E-state index contributed by atoms with van der Waals surface area (Å²) in [4.78, 5) is 28.1. The molecular weight excluding hydrogens is 418 g/mol. The SMILES string of the molecule is C=CCNS(=O)(=O)c1ccc(C(=O)NC(Cc2c[nH]c3ccccc23)C(=O)OC)cc1. The number of carbonyl (C=O) groups is 2. The zero-order valence-electron chi connectivity index (χ0n) is 16.9. The van der Waals surface area contributed by atoms with E-state index in [9.17, 15) is 18.0 Å². The van der Waals surface area contributed by atoms with Crippen LogP contribution in [-0.4, -0.2) is 45.0 Å². The number of fused-ring (bicyclic) bond motifs is 1. The van der Waals surface area contributed by atoms with Gasteiger partial charge in [0.2, 0.25) is 10.0 Å². The fourth-order valence-corrected chi connectivity index (χ4v) is 4.13. The van der Waals surface area contributed by atoms with Crippen molar-refractivity contribution in [2.45, 2.75) is 17.4 Å². The van der Waals surface area contributed by atoms with E-state index in [1.807, 2.05) is 24.3 Å². The minimum absolute atomic E-state index is 0.0224. The highest BCUT2D eigenvalue weighted by Gasteiger charge is 2.24. The number of para-hydroxylation sites is 1. The molecule has 0 radical (unpaired) electrons. The highest BCUT2D eigenvalue weighted by molar-refractivity contribution is 7.89. The Morgan fingerprint density at radius 3 is 2.55 bits per heavy atom. The van der Waals surface area contributed by atoms with Crippen LogP contribution in [0.1, 0.15) is 15.9 Å². The van der Waals surface area contributed by atoms with Gasteiger partial charge >= 0.3 is 5.97 Å². The molecule has 0 fully saturated rings. The van der Waals surface area contributed by atoms with Gasteiger partial charge in [0.05, 0.1) is 12.0 Å². The van der Waals surface area contributed by atoms with Crippen LogP contribution >= 0.6 is 0 Å². The Labute approximate surface area is 180 Å². The third-order valence-corrected chi connectivity index (χ3v) is 6.17. The molecule has 0 saturated carbocycles. The second-order valence-corrected chi connectivity index (χ2v) is 8.54. The molecule has 0 bridgehead atoms. The van der Waals surface area contributed by atoms with Crippen molar-refractivity contribution in [2.24, 2.45) is 0 Å². The van der Waals surface area contributed by atoms with Crippen LogP contribution in [0.5, 0.6) is 0 Å². The molecule has 9 heteroatoms. The molecule has 0 saturated heterocycles. The molecule has 1 heterocycles. The standard InChI is InChI=1S/C22H23N3O5S/c1-3-12-24-31(28,29)17-10-8-15(9-11-17)21(26)25-20(22(27)30-2)13-16-14-23-19-7-5-4-6-18(16)19/h3-11,14,20,23-24H,1,12-13H2,2H3,(H,25,26). The quantitative estimate of drug-likeness (QED) is 0.347. The smallest absolute Gasteiger partial charge is 0.328 e. The number of rotatable bonds is 9. The van der Waals surface area contributed by atoms with Crippen molar-refractivity contribution >= 4 is 32.8 Å². The van der Waals surface area contributed by atoms with Crippen LogP contribution in [0.25, 0.3) is 10.9 Å². The Kier molecular flexibility index (Phi) is 6.88. The van der Waals surface area contributed by atoms with Crippen LogP contribution in [-0.2, 0) is 26.0 Å². The third kappa shape index (κ3) is 5.19. The monoisotopic (exact) mass is 441 g/mol. The Morgan fingerprint density at radius 1 is 1.16 bits per heavy atom. The lowest BCUT2D eigenvalue weighted by Crippen LogP contribution is -2.43. The average molecular weight is 442 g/mol. The Bertz CT molecular complexity index is 1200. The van der Waals surface area contributed by atoms with E-state index in [-0.39, 0.29) is 23.4 Å². The summed E-state index contributed by atoms with van der Waals surface area (Å²) >= 11 is 0. The van der Waals surface area contributed by atoms with Crippen LogP contribution in [0, 0.1) is 0 Å². The number of carbonyl (C=O) groups excluding carboxylic acids is 2. The van der Waals surface area contributed by atoms with E-state index in [0.717, 1.165) is 16.5 Å². The minimum Gasteiger partial charge on any atom is -0.467 e. The third-order valence-electron chi connectivity index (χ3n) is 4.73. The van der Waals surface area contributed by atoms with E-state index < -0.39 is 27.9 Å². The Hall–Kier alpha value is -3.43. The van der Waals surface area contributed by atoms with Crippen molar-refractivity contribution in [3.8, 4) is 0 Å². The number of methoxy groups -OCH3 is 1. The molecule has 2 aromatic carbocycles. The molecule has 8 nitrogen and oxygen atoms in total. The van der Waals surface area contributed by atoms with Crippen molar-refractivity contribution in [3.63, 3.8) is 0 Å². The zero-order chi connectivity index (χ0) is 22.4. The summed E-state index contributed by atoms with van der Waals surface area (Å²) in [5.41, 5.74) is 2.01. The van der Waals surface area contributed by atoms with Crippen LogP contribution in [0.3, 0.4) is 0 Å². The van der Waals surface area contributed by atoms with E-state index in [2.05, 4.69) is 21.6 Å². The molecule has 0 aliphatic rings. The number of H-pyrrole nitrogens is 1. The van der Waals surface area contributed by atoms with Crippen molar-refractivity contribution in [1.29, 1.82) is 0 Å². The Balaban J connectivity index is 1.76. The van der Waals surface area contributed by atoms with Gasteiger partial charge in [0, 0.05) is 35.6 Å². The van der Waals surface area contributed by atoms with Crippen molar-refractivity contribution in [1.82, 2.24) is 15.0 Å². The maximum Gasteiger partial charge on any atom is 0.328 e. The molecule has 0 aliphatic heterocycles. The lowest BCUT2D eigenvalue weighted by atomic mass is 10.0. The van der Waals surface area contributed by atoms with Gasteiger partial charge in [-0.1, -0.05) is 24.3 Å². The first-order valence-electron chi connectivity index (χ1n) is 9.50. The number of esters is 1. The zero-order valence-corrected chi connectivity index (χ0v) is 17.7. The van der Waals surface area contributed by atoms with E-state index in [1.54, 1.807) is 6.20 Å². The van der Waals surface area contributed by atoms with Gasteiger partial charge in [-0.25, -0.2) is 17.9 Å². The van der Waals surface area contributed by atoms with Gasteiger partial charge in [-0.2, -0.15) is 0 Å². The van der Waals surface area contributed by atoms with E-state index in [4.69, 9.17) is 4.74 Å². The molecule has 1 atom stereocenters. The number of amides is 1. The molecule has 3 rings (SSSR count). The molecule has 3 N–H and O–H groups in total. The van der Waals surface area contributed by atoms with Gasteiger partial charge in [-0.15, -0.1) is 6.58 Å². The molecule has 162 valence electrons. The summed E-state index contributed by atoms with van der Waals surface area (Å²) in [5, 5.41) is 3.62. The highest BCUT2D eigenvalue weighted by atomic mass is 32.2. The number of nitrogens with one attached hydrogen (secondary N) is 3. The van der Waals surface area contributed by atoms with Gasteiger partial charge < -0.3 is 15.0 Å². The molecule has 1 aromatic heterocycles. The number of hydrogen-bond donors (Lipinski definition) is 3. The predicted octanol–water partition coefficient (Wildman–Crippen LogP) is 2.15. The van der Waals surface area contributed by atoms with Gasteiger partial charge in [-0.3, -0.25) is 4.79 Å². The molecule has 0 spiro atoms. The molecular formula is C22H23N3O5S. The lowest BCUT2D eigenvalue weighted by molar-refractivity contribution is -0.142. The highest BCUT2D eigenvalue weighted by Crippen LogP contribution is 2.19. The van der Waals surface area contributed by atoms with Crippen molar-refractivity contribution < 1.29 is 22.7 Å². The number of aromatic nitrogens is 1. The molecule has 0 aliphatic carbocycles. The molecule has 1 amide bonds. The van der Waals surface area contributed by atoms with E-state index in [0.29, 0.717) is 0 Å². The minimum atomic E-state index is -3.69. The molecule has 3 aromatic rings. The predicted molar refractivity (Wildman–Crippen MR) is 117 cm³/mol. The number of benzene rings is 2. The van der Waals surface area contributed by atoms with Crippen molar-refractivity contribution in [2.75, 3.05) is 13.7 Å². The van der Waals surface area contributed by atoms with Crippen LogP contribution < -0.4 is 10.0 Å². The van der Waals surface area contributed by atoms with E-state index in [1.165, 1.54) is 37.5 Å². The van der Waals surface area contributed by atoms with Gasteiger partial charge in [-0.05, 0) is 35.9 Å². The second-order valence-electron chi connectivity index (χ2n) is 6.78. The maximum atomic E-state index is 12.7. The first-order valence-corrected chi connectivity index (χ1v) is 11.0. The summed E-state index contributed by atoms with van der Waals surface area (Å²) in [7, 11) is -2.43. The fourth-order valence-electron chi connectivity index (χ4n) is 3.13. The van der Waals surface area contributed by atoms with Crippen LogP contribution in [0.2, 0.25) is 0 Å². The first-order chi connectivity index (χ1) is 14.9. The molecule has 31 heavy (non-hydrogen) atoms. The summed E-state index contributed by atoms with van der Waals surface area (Å²) in [5.74, 6) is -1.09. The number of ether oxygens (including phenoxy) is 1. The summed E-state index contributed by atoms with van der Waals surface area (Å²) in [6.07, 6.45) is 3.46. The number of aromatic amines is 1. The summed E-state index contributed by atoms with van der Waals surface area (Å²) < 4.78 is 31.5. The Morgan fingerprint density at radius 2 is 1.87 bits per heavy atom. The van der Waals surface area contributed by atoms with E-state index >= 15 is 0 Å². The van der Waals surface area contributed by atoms with Crippen molar-refractivity contribution in [3.05, 3.63) is 78.5 Å². The second kappa shape index (κ2) is 9.59. The summed E-state index contributed by atoms with van der Waals surface area (Å²) in [6.45, 7) is 3.56. The topological polar surface area (TPSA) is 117 Å². The number of sulfonamides is 1. The number of hydrogen-bond acceptors (Lipinski definition) is 5. The lowest BCUT2D eigenvalue weighted by Gasteiger charge is -2.16. The van der Waals surface area contributed by atoms with Gasteiger partial charge in [0.25, 0.3) is 5.91 Å². The largest absolute Gasteiger partial charge is 0.467 e. The normalized spacial score (nSPS) is 12.3. The molecule has 1 unspecified atom stereocenters. The first kappa shape index (κ1) is 22.3. The van der Waals surface area contributed by atoms with Crippen LogP contribution in [0.15, 0.2) is 72.3 Å². The summed E-state index contributed by atoms with van der Waals surface area (Å²) in [6, 6.07) is 12.2. The van der Waals surface area contributed by atoms with Gasteiger partial charge in [0.1, 0.15) is 6.04 Å². The maximum absolute atomic E-state index is 12.7. The van der Waals surface area contributed by atoms with Crippen LogP contribution in [0.4, 0.5) is 0 Å². The average Bonchev–Trinajstić information content (AvgIpc) is 3.19. The fraction of sp³-hybridized carbons (Fsp3) is 0.182.